The molecule has 2 aliphatic rings. The van der Waals surface area contributed by atoms with Crippen molar-refractivity contribution >= 4 is 6.29 Å². The van der Waals surface area contributed by atoms with E-state index in [9.17, 15) is 4.79 Å². The molecule has 2 heterocycles. The number of carbonyl (C=O) groups excluding carboxylic acids is 1. The van der Waals surface area contributed by atoms with E-state index in [-0.39, 0.29) is 0 Å². The Balaban J connectivity index is 2.20. The average molecular weight is 208 g/mol. The van der Waals surface area contributed by atoms with E-state index in [1.54, 1.807) is 19.2 Å². The van der Waals surface area contributed by atoms with Crippen molar-refractivity contribution in [3.63, 3.8) is 0 Å². The van der Waals surface area contributed by atoms with Crippen LogP contribution in [0.5, 0.6) is 0 Å². The third-order valence-electron chi connectivity index (χ3n) is 2.30. The molecule has 80 valence electrons. The fourth-order valence-corrected chi connectivity index (χ4v) is 1.49. The van der Waals surface area contributed by atoms with E-state index in [4.69, 9.17) is 9.47 Å². The maximum Gasteiger partial charge on any atom is 0.273 e. The lowest BCUT2D eigenvalue weighted by Crippen LogP contribution is -2.56. The Morgan fingerprint density at radius 1 is 1.53 bits per heavy atom. The van der Waals surface area contributed by atoms with Crippen molar-refractivity contribution in [1.29, 1.82) is 0 Å². The summed E-state index contributed by atoms with van der Waals surface area (Å²) in [6, 6.07) is 0. The van der Waals surface area contributed by atoms with Crippen LogP contribution >= 0.6 is 0 Å². The van der Waals surface area contributed by atoms with Crippen molar-refractivity contribution in [2.24, 2.45) is 0 Å². The first kappa shape index (κ1) is 9.64. The smallest absolute Gasteiger partial charge is 0.273 e. The van der Waals surface area contributed by atoms with Gasteiger partial charge in [-0.3, -0.25) is 0 Å². The standard InChI is InChI=1S/C10H12N2O3/c1-11-8-3-2-4-10(7-13,12-8)9-14-5-6-15-9/h2-7,9,11-12H,1H3. The number of dihydropyridines is 1. The minimum atomic E-state index is -0.976. The fraction of sp³-hybridized carbons (Fsp3) is 0.300. The Morgan fingerprint density at radius 3 is 2.87 bits per heavy atom. The number of carbonyl (C=O) groups is 1. The van der Waals surface area contributed by atoms with Crippen LogP contribution < -0.4 is 10.6 Å². The summed E-state index contributed by atoms with van der Waals surface area (Å²) in [6.07, 6.45) is 8.25. The zero-order chi connectivity index (χ0) is 10.7. The minimum absolute atomic E-state index is 0.664. The molecule has 0 bridgehead atoms. The topological polar surface area (TPSA) is 59.6 Å². The third kappa shape index (κ3) is 1.56. The molecule has 2 N–H and O–H groups in total. The van der Waals surface area contributed by atoms with Gasteiger partial charge in [-0.1, -0.05) is 6.08 Å². The van der Waals surface area contributed by atoms with Gasteiger partial charge >= 0.3 is 0 Å². The van der Waals surface area contributed by atoms with Crippen LogP contribution in [0.15, 0.2) is 36.6 Å². The number of ether oxygens (including phenoxy) is 2. The van der Waals surface area contributed by atoms with Gasteiger partial charge in [0.25, 0.3) is 6.29 Å². The van der Waals surface area contributed by atoms with E-state index < -0.39 is 11.8 Å². The average Bonchev–Trinajstić information content (AvgIpc) is 2.83. The highest BCUT2D eigenvalue weighted by atomic mass is 16.7. The Labute approximate surface area is 87.4 Å². The van der Waals surface area contributed by atoms with Gasteiger partial charge in [0.05, 0.1) is 5.82 Å². The van der Waals surface area contributed by atoms with Crippen LogP contribution in [0.25, 0.3) is 0 Å². The van der Waals surface area contributed by atoms with Gasteiger partial charge in [0.2, 0.25) is 0 Å². The largest absolute Gasteiger partial charge is 0.456 e. The lowest BCUT2D eigenvalue weighted by atomic mass is 9.98. The summed E-state index contributed by atoms with van der Waals surface area (Å²) in [5, 5.41) is 5.94. The maximum atomic E-state index is 11.2. The van der Waals surface area contributed by atoms with Crippen molar-refractivity contribution in [2.45, 2.75) is 11.8 Å². The summed E-state index contributed by atoms with van der Waals surface area (Å²) in [5.74, 6) is 0.740. The van der Waals surface area contributed by atoms with Crippen molar-refractivity contribution in [3.8, 4) is 0 Å². The zero-order valence-electron chi connectivity index (χ0n) is 8.27. The SMILES string of the molecule is CNC1=CC=CC(C=O)(C2OC=CO2)N1. The van der Waals surface area contributed by atoms with E-state index in [0.29, 0.717) is 0 Å². The van der Waals surface area contributed by atoms with Gasteiger partial charge in [0.1, 0.15) is 12.5 Å². The second kappa shape index (κ2) is 3.68. The molecule has 0 amide bonds. The molecule has 0 saturated heterocycles. The number of hydrogen-bond donors (Lipinski definition) is 2. The molecule has 0 aromatic carbocycles. The molecule has 1 atom stereocenters. The zero-order valence-corrected chi connectivity index (χ0v) is 8.27. The first-order valence-electron chi connectivity index (χ1n) is 4.58. The van der Waals surface area contributed by atoms with Crippen LogP contribution in [0.4, 0.5) is 0 Å². The van der Waals surface area contributed by atoms with Crippen LogP contribution in [0.1, 0.15) is 0 Å². The normalized spacial score (nSPS) is 28.7. The van der Waals surface area contributed by atoms with Crippen LogP contribution in [0, 0.1) is 0 Å². The van der Waals surface area contributed by atoms with Crippen LogP contribution in [-0.4, -0.2) is 25.2 Å². The summed E-state index contributed by atoms with van der Waals surface area (Å²) >= 11 is 0. The van der Waals surface area contributed by atoms with Crippen molar-refractivity contribution in [3.05, 3.63) is 36.6 Å². The van der Waals surface area contributed by atoms with Crippen LogP contribution in [0.2, 0.25) is 0 Å². The number of aldehydes is 1. The van der Waals surface area contributed by atoms with Gasteiger partial charge in [-0.25, -0.2) is 0 Å². The number of hydrogen-bond acceptors (Lipinski definition) is 5. The predicted molar refractivity (Wildman–Crippen MR) is 53.3 cm³/mol. The fourth-order valence-electron chi connectivity index (χ4n) is 1.49. The second-order valence-electron chi connectivity index (χ2n) is 3.24. The molecular weight excluding hydrogens is 196 g/mol. The summed E-state index contributed by atoms with van der Waals surface area (Å²) in [6.45, 7) is 0. The molecule has 2 aliphatic heterocycles. The summed E-state index contributed by atoms with van der Waals surface area (Å²) < 4.78 is 10.4. The molecule has 0 fully saturated rings. The van der Waals surface area contributed by atoms with E-state index in [1.807, 2.05) is 6.08 Å². The highest BCUT2D eigenvalue weighted by molar-refractivity contribution is 5.70. The highest BCUT2D eigenvalue weighted by Gasteiger charge is 2.42. The molecule has 1 unspecified atom stereocenters. The van der Waals surface area contributed by atoms with Gasteiger partial charge in [-0.05, 0) is 12.2 Å². The number of rotatable bonds is 3. The van der Waals surface area contributed by atoms with Crippen molar-refractivity contribution < 1.29 is 14.3 Å². The number of nitrogens with one attached hydrogen (secondary N) is 2. The number of allylic oxidation sites excluding steroid dienone is 2. The Bertz CT molecular complexity index is 341. The Kier molecular flexibility index (Phi) is 2.37. The van der Waals surface area contributed by atoms with E-state index >= 15 is 0 Å². The van der Waals surface area contributed by atoms with E-state index in [2.05, 4.69) is 10.6 Å². The molecule has 0 aromatic rings. The molecule has 2 rings (SSSR count). The lowest BCUT2D eigenvalue weighted by Gasteiger charge is -2.33. The van der Waals surface area contributed by atoms with Gasteiger partial charge in [-0.15, -0.1) is 0 Å². The molecule has 0 aliphatic carbocycles. The maximum absolute atomic E-state index is 11.2. The summed E-state index contributed by atoms with van der Waals surface area (Å²) in [4.78, 5) is 11.2. The Morgan fingerprint density at radius 2 is 2.27 bits per heavy atom. The highest BCUT2D eigenvalue weighted by Crippen LogP contribution is 2.23. The summed E-state index contributed by atoms with van der Waals surface area (Å²) in [5.41, 5.74) is -0.976. The molecule has 5 nitrogen and oxygen atoms in total. The van der Waals surface area contributed by atoms with Gasteiger partial charge in [-0.2, -0.15) is 0 Å². The molecule has 0 aromatic heterocycles. The van der Waals surface area contributed by atoms with Gasteiger partial charge < -0.3 is 24.9 Å². The van der Waals surface area contributed by atoms with Gasteiger partial charge in [0.15, 0.2) is 11.8 Å². The van der Waals surface area contributed by atoms with E-state index in [1.165, 1.54) is 12.5 Å². The van der Waals surface area contributed by atoms with Gasteiger partial charge in [0, 0.05) is 7.05 Å². The van der Waals surface area contributed by atoms with Crippen molar-refractivity contribution in [2.75, 3.05) is 7.05 Å². The third-order valence-corrected chi connectivity index (χ3v) is 2.30. The van der Waals surface area contributed by atoms with E-state index in [0.717, 1.165) is 12.1 Å². The van der Waals surface area contributed by atoms with Crippen LogP contribution in [0.3, 0.4) is 0 Å². The van der Waals surface area contributed by atoms with Crippen LogP contribution in [-0.2, 0) is 14.3 Å². The predicted octanol–water partition coefficient (Wildman–Crippen LogP) is -0.0116. The Hall–Kier alpha value is -1.91. The minimum Gasteiger partial charge on any atom is -0.456 e. The molecule has 0 spiro atoms. The monoisotopic (exact) mass is 208 g/mol. The quantitative estimate of drug-likeness (QED) is 0.639. The first-order valence-corrected chi connectivity index (χ1v) is 4.58. The molecule has 0 radical (unpaired) electrons. The summed E-state index contributed by atoms with van der Waals surface area (Å²) in [7, 11) is 1.77. The van der Waals surface area contributed by atoms with Crippen molar-refractivity contribution in [1.82, 2.24) is 10.6 Å². The molecular formula is C10H12N2O3. The molecule has 15 heavy (non-hydrogen) atoms. The first-order chi connectivity index (χ1) is 7.30. The second-order valence-corrected chi connectivity index (χ2v) is 3.24. The molecule has 0 saturated carbocycles. The lowest BCUT2D eigenvalue weighted by molar-refractivity contribution is -0.126. The molecule has 5 heteroatoms.